The molecule has 5 nitrogen and oxygen atoms in total. The average molecular weight is 342 g/mol. The molecule has 0 bridgehead atoms. The number of hydrogen-bond acceptors (Lipinski definition) is 4. The summed E-state index contributed by atoms with van der Waals surface area (Å²) in [7, 11) is 3.45. The Morgan fingerprint density at radius 1 is 1.00 bits per heavy atom. The van der Waals surface area contributed by atoms with Gasteiger partial charge in [-0.25, -0.2) is 9.37 Å². The summed E-state index contributed by atoms with van der Waals surface area (Å²) in [6.45, 7) is 3.44. The second-order valence-electron chi connectivity index (χ2n) is 6.38. The van der Waals surface area contributed by atoms with Crippen molar-refractivity contribution in [2.45, 2.75) is 6.42 Å². The fraction of sp³-hybridized carbons (Fsp3) is 0.368. The number of nitrogens with zero attached hydrogens (tertiary/aromatic N) is 4. The molecule has 1 fully saturated rings. The Morgan fingerprint density at radius 3 is 2.40 bits per heavy atom. The molecule has 2 aromatic rings. The van der Waals surface area contributed by atoms with E-state index in [1.807, 2.05) is 24.3 Å². The number of carbonyl (C=O) groups excluding carboxylic acids is 1. The molecule has 3 rings (SSSR count). The fourth-order valence-electron chi connectivity index (χ4n) is 3.00. The molecule has 0 saturated carbocycles. The number of anilines is 2. The highest BCUT2D eigenvalue weighted by molar-refractivity contribution is 5.92. The van der Waals surface area contributed by atoms with Gasteiger partial charge in [0.15, 0.2) is 0 Å². The van der Waals surface area contributed by atoms with Gasteiger partial charge in [-0.2, -0.15) is 0 Å². The zero-order valence-corrected chi connectivity index (χ0v) is 14.7. The number of amides is 1. The molecule has 1 saturated heterocycles. The van der Waals surface area contributed by atoms with Crippen molar-refractivity contribution in [1.82, 2.24) is 9.88 Å². The van der Waals surface area contributed by atoms with Crippen molar-refractivity contribution in [1.29, 1.82) is 0 Å². The SMILES string of the molecule is CN(C)C(=O)c1cccc(N2CCCN(c3ccc(F)cc3)CC2)n1. The van der Waals surface area contributed by atoms with Gasteiger partial charge in [-0.3, -0.25) is 4.79 Å². The van der Waals surface area contributed by atoms with Crippen molar-refractivity contribution in [3.8, 4) is 0 Å². The van der Waals surface area contributed by atoms with Crippen LogP contribution in [0.25, 0.3) is 0 Å². The predicted molar refractivity (Wildman–Crippen MR) is 97.7 cm³/mol. The molecule has 0 atom stereocenters. The molecule has 0 spiro atoms. The van der Waals surface area contributed by atoms with Crippen LogP contribution in [0.3, 0.4) is 0 Å². The zero-order valence-electron chi connectivity index (χ0n) is 14.7. The number of rotatable bonds is 3. The lowest BCUT2D eigenvalue weighted by atomic mass is 10.2. The Kier molecular flexibility index (Phi) is 5.16. The van der Waals surface area contributed by atoms with Gasteiger partial charge in [0.05, 0.1) is 0 Å². The number of halogens is 1. The Hall–Kier alpha value is -2.63. The van der Waals surface area contributed by atoms with E-state index in [4.69, 9.17) is 0 Å². The first-order valence-corrected chi connectivity index (χ1v) is 8.49. The van der Waals surface area contributed by atoms with Crippen molar-refractivity contribution in [3.63, 3.8) is 0 Å². The van der Waals surface area contributed by atoms with Crippen LogP contribution in [0.5, 0.6) is 0 Å². The molecule has 25 heavy (non-hydrogen) atoms. The van der Waals surface area contributed by atoms with E-state index in [0.29, 0.717) is 5.69 Å². The Labute approximate surface area is 147 Å². The molecule has 1 aromatic heterocycles. The third-order valence-electron chi connectivity index (χ3n) is 4.37. The summed E-state index contributed by atoms with van der Waals surface area (Å²) in [5, 5.41) is 0. The lowest BCUT2D eigenvalue weighted by Gasteiger charge is -2.24. The summed E-state index contributed by atoms with van der Waals surface area (Å²) in [5.41, 5.74) is 1.50. The lowest BCUT2D eigenvalue weighted by molar-refractivity contribution is 0.0822. The van der Waals surface area contributed by atoms with Gasteiger partial charge in [0.1, 0.15) is 17.3 Å². The van der Waals surface area contributed by atoms with Crippen LogP contribution in [0.4, 0.5) is 15.9 Å². The number of carbonyl (C=O) groups is 1. The fourth-order valence-corrected chi connectivity index (χ4v) is 3.00. The third kappa shape index (κ3) is 4.07. The summed E-state index contributed by atoms with van der Waals surface area (Å²) < 4.78 is 13.1. The number of hydrogen-bond donors (Lipinski definition) is 0. The predicted octanol–water partition coefficient (Wildman–Crippen LogP) is 2.64. The number of pyridine rings is 1. The standard InChI is InChI=1S/C19H23FN4O/c1-22(2)19(25)17-5-3-6-18(21-17)24-12-4-11-23(13-14-24)16-9-7-15(20)8-10-16/h3,5-10H,4,11-14H2,1-2H3. The Bertz CT molecular complexity index is 732. The lowest BCUT2D eigenvalue weighted by Crippen LogP contribution is -2.31. The summed E-state index contributed by atoms with van der Waals surface area (Å²) in [5.74, 6) is 0.519. The highest BCUT2D eigenvalue weighted by Crippen LogP contribution is 2.20. The second kappa shape index (κ2) is 7.51. The van der Waals surface area contributed by atoms with Crippen LogP contribution >= 0.6 is 0 Å². The van der Waals surface area contributed by atoms with E-state index < -0.39 is 0 Å². The topological polar surface area (TPSA) is 39.7 Å². The first kappa shape index (κ1) is 17.2. The molecule has 6 heteroatoms. The molecule has 0 N–H and O–H groups in total. The van der Waals surface area contributed by atoms with Crippen LogP contribution in [0.2, 0.25) is 0 Å². The molecule has 1 aliphatic heterocycles. The molecule has 2 heterocycles. The van der Waals surface area contributed by atoms with Gasteiger partial charge in [0, 0.05) is 46.0 Å². The van der Waals surface area contributed by atoms with Crippen molar-refractivity contribution < 1.29 is 9.18 Å². The normalized spacial score (nSPS) is 15.0. The summed E-state index contributed by atoms with van der Waals surface area (Å²) >= 11 is 0. The molecule has 0 radical (unpaired) electrons. The maximum Gasteiger partial charge on any atom is 0.272 e. The highest BCUT2D eigenvalue weighted by Gasteiger charge is 2.18. The van der Waals surface area contributed by atoms with Crippen molar-refractivity contribution in [3.05, 3.63) is 54.0 Å². The van der Waals surface area contributed by atoms with Gasteiger partial charge in [0.25, 0.3) is 5.91 Å². The van der Waals surface area contributed by atoms with Crippen LogP contribution in [0.15, 0.2) is 42.5 Å². The molecule has 132 valence electrons. The van der Waals surface area contributed by atoms with Crippen LogP contribution in [0.1, 0.15) is 16.9 Å². The van der Waals surface area contributed by atoms with Crippen LogP contribution in [0, 0.1) is 5.82 Å². The summed E-state index contributed by atoms with van der Waals surface area (Å²) in [6, 6.07) is 12.2. The van der Waals surface area contributed by atoms with Gasteiger partial charge in [-0.15, -0.1) is 0 Å². The van der Waals surface area contributed by atoms with E-state index in [9.17, 15) is 9.18 Å². The quantitative estimate of drug-likeness (QED) is 0.860. The molecular weight excluding hydrogens is 319 g/mol. The minimum absolute atomic E-state index is 0.0930. The van der Waals surface area contributed by atoms with Crippen LogP contribution in [-0.2, 0) is 0 Å². The molecule has 0 unspecified atom stereocenters. The van der Waals surface area contributed by atoms with Crippen LogP contribution in [-0.4, -0.2) is 56.1 Å². The molecular formula is C19H23FN4O. The van der Waals surface area contributed by atoms with Crippen molar-refractivity contribution >= 4 is 17.4 Å². The van der Waals surface area contributed by atoms with E-state index in [1.165, 1.54) is 17.0 Å². The smallest absolute Gasteiger partial charge is 0.272 e. The van der Waals surface area contributed by atoms with E-state index in [1.54, 1.807) is 20.2 Å². The molecule has 1 aliphatic rings. The van der Waals surface area contributed by atoms with Crippen molar-refractivity contribution in [2.75, 3.05) is 50.1 Å². The van der Waals surface area contributed by atoms with E-state index in [2.05, 4.69) is 14.8 Å². The average Bonchev–Trinajstić information content (AvgIpc) is 2.88. The molecule has 1 aromatic carbocycles. The monoisotopic (exact) mass is 342 g/mol. The first-order chi connectivity index (χ1) is 12.0. The maximum atomic E-state index is 13.1. The third-order valence-corrected chi connectivity index (χ3v) is 4.37. The Morgan fingerprint density at radius 2 is 1.68 bits per heavy atom. The summed E-state index contributed by atoms with van der Waals surface area (Å²) in [4.78, 5) is 22.6. The largest absolute Gasteiger partial charge is 0.370 e. The van der Waals surface area contributed by atoms with Gasteiger partial charge in [-0.05, 0) is 42.8 Å². The molecule has 0 aliphatic carbocycles. The highest BCUT2D eigenvalue weighted by atomic mass is 19.1. The van der Waals surface area contributed by atoms with Gasteiger partial charge >= 0.3 is 0 Å². The van der Waals surface area contributed by atoms with E-state index in [-0.39, 0.29) is 11.7 Å². The van der Waals surface area contributed by atoms with Crippen molar-refractivity contribution in [2.24, 2.45) is 0 Å². The zero-order chi connectivity index (χ0) is 17.8. The van der Waals surface area contributed by atoms with Crippen LogP contribution < -0.4 is 9.80 Å². The minimum atomic E-state index is -0.216. The van der Waals surface area contributed by atoms with E-state index in [0.717, 1.165) is 44.1 Å². The van der Waals surface area contributed by atoms with Gasteiger partial charge in [0.2, 0.25) is 0 Å². The van der Waals surface area contributed by atoms with E-state index >= 15 is 0 Å². The summed E-state index contributed by atoms with van der Waals surface area (Å²) in [6.07, 6.45) is 0.977. The second-order valence-corrected chi connectivity index (χ2v) is 6.38. The number of benzene rings is 1. The van der Waals surface area contributed by atoms with Gasteiger partial charge in [-0.1, -0.05) is 6.07 Å². The maximum absolute atomic E-state index is 13.1. The first-order valence-electron chi connectivity index (χ1n) is 8.49. The number of aromatic nitrogens is 1. The van der Waals surface area contributed by atoms with Gasteiger partial charge < -0.3 is 14.7 Å². The molecule has 1 amide bonds. The Balaban J connectivity index is 1.72. The minimum Gasteiger partial charge on any atom is -0.370 e.